The van der Waals surface area contributed by atoms with E-state index in [2.05, 4.69) is 26.3 Å². The highest BCUT2D eigenvalue weighted by molar-refractivity contribution is 6.00. The van der Waals surface area contributed by atoms with Crippen molar-refractivity contribution < 1.29 is 14.6 Å². The van der Waals surface area contributed by atoms with E-state index in [0.717, 1.165) is 70.8 Å². The van der Waals surface area contributed by atoms with Crippen molar-refractivity contribution in [3.63, 3.8) is 0 Å². The lowest BCUT2D eigenvalue weighted by molar-refractivity contribution is 0.0700. The number of carbonyl (C=O) groups is 1. The number of methoxy groups -OCH3 is 1. The summed E-state index contributed by atoms with van der Waals surface area (Å²) in [5.74, 6) is 2.42. The molecule has 220 valence electrons. The highest BCUT2D eigenvalue weighted by Gasteiger charge is 2.47. The van der Waals surface area contributed by atoms with Gasteiger partial charge in [0.1, 0.15) is 16.9 Å². The van der Waals surface area contributed by atoms with E-state index in [1.54, 1.807) is 13.3 Å². The Bertz CT molecular complexity index is 1890. The van der Waals surface area contributed by atoms with Gasteiger partial charge in [-0.05, 0) is 80.0 Å². The number of likely N-dealkylation sites (tertiary alicyclic amines) is 1. The van der Waals surface area contributed by atoms with Crippen LogP contribution >= 0.6 is 0 Å². The maximum Gasteiger partial charge on any atom is 0.254 e. The topological polar surface area (TPSA) is 124 Å². The summed E-state index contributed by atoms with van der Waals surface area (Å²) in [5.41, 5.74) is 12.8. The minimum atomic E-state index is -0.0911. The zero-order chi connectivity index (χ0) is 29.4. The SMILES string of the molecule is COc1cc(C(=O)N2CC3CCC2C3N)cc2nc(-c3cc4ccc(-c5ccc(CO)nc5)nc4n3CC3CC3)n(C)c12. The average Bonchev–Trinajstić information content (AvgIpc) is 3.44. The Labute approximate surface area is 249 Å². The van der Waals surface area contributed by atoms with Crippen LogP contribution in [0.3, 0.4) is 0 Å². The number of pyridine rings is 2. The predicted octanol–water partition coefficient (Wildman–Crippen LogP) is 4.12. The number of hydrogen-bond acceptors (Lipinski definition) is 7. The largest absolute Gasteiger partial charge is 0.494 e. The van der Waals surface area contributed by atoms with E-state index in [0.29, 0.717) is 28.8 Å². The first-order chi connectivity index (χ1) is 20.9. The zero-order valence-electron chi connectivity index (χ0n) is 24.4. The number of carbonyl (C=O) groups excluding carboxylic acids is 1. The predicted molar refractivity (Wildman–Crippen MR) is 163 cm³/mol. The number of benzene rings is 1. The molecule has 10 nitrogen and oxygen atoms in total. The highest BCUT2D eigenvalue weighted by atomic mass is 16.5. The van der Waals surface area contributed by atoms with Gasteiger partial charge in [-0.3, -0.25) is 9.78 Å². The van der Waals surface area contributed by atoms with E-state index in [-0.39, 0.29) is 24.6 Å². The van der Waals surface area contributed by atoms with Gasteiger partial charge in [0.05, 0.1) is 36.3 Å². The smallest absolute Gasteiger partial charge is 0.254 e. The van der Waals surface area contributed by atoms with Crippen molar-refractivity contribution in [2.45, 2.75) is 50.9 Å². The van der Waals surface area contributed by atoms with Crippen molar-refractivity contribution >= 4 is 28.0 Å². The summed E-state index contributed by atoms with van der Waals surface area (Å²) in [6.45, 7) is 1.49. The van der Waals surface area contributed by atoms with Crippen LogP contribution in [0.1, 0.15) is 41.7 Å². The molecule has 1 amide bonds. The molecule has 1 aliphatic heterocycles. The normalized spacial score (nSPS) is 21.4. The number of aromatic nitrogens is 5. The molecule has 1 aromatic carbocycles. The Morgan fingerprint density at radius 1 is 1.09 bits per heavy atom. The second-order valence-corrected chi connectivity index (χ2v) is 12.4. The van der Waals surface area contributed by atoms with E-state index >= 15 is 0 Å². The number of ether oxygens (including phenoxy) is 1. The number of nitrogens with two attached hydrogens (primary N) is 1. The van der Waals surface area contributed by atoms with Crippen molar-refractivity contribution in [1.29, 1.82) is 0 Å². The summed E-state index contributed by atoms with van der Waals surface area (Å²) in [4.78, 5) is 30.2. The van der Waals surface area contributed by atoms with Crippen molar-refractivity contribution in [2.24, 2.45) is 24.6 Å². The monoisotopic (exact) mass is 577 g/mol. The number of piperidine rings is 1. The number of aryl methyl sites for hydroxylation is 1. The summed E-state index contributed by atoms with van der Waals surface area (Å²) < 4.78 is 10.2. The van der Waals surface area contributed by atoms with Crippen LogP contribution in [0.25, 0.3) is 44.8 Å². The Morgan fingerprint density at radius 2 is 1.95 bits per heavy atom. The lowest BCUT2D eigenvalue weighted by atomic mass is 10.1. The molecular weight excluding hydrogens is 542 g/mol. The number of aliphatic hydroxyl groups excluding tert-OH is 1. The van der Waals surface area contributed by atoms with E-state index in [9.17, 15) is 9.90 Å². The maximum atomic E-state index is 13.7. The van der Waals surface area contributed by atoms with Crippen molar-refractivity contribution in [3.8, 4) is 28.5 Å². The van der Waals surface area contributed by atoms with E-state index in [4.69, 9.17) is 20.4 Å². The first kappa shape index (κ1) is 26.4. The molecule has 8 rings (SSSR count). The molecule has 5 heterocycles. The molecule has 1 saturated heterocycles. The fourth-order valence-electron chi connectivity index (χ4n) is 7.15. The number of imidazole rings is 1. The summed E-state index contributed by atoms with van der Waals surface area (Å²) in [6, 6.07) is 13.9. The number of aliphatic hydroxyl groups is 1. The van der Waals surface area contributed by atoms with Gasteiger partial charge in [0.25, 0.3) is 5.91 Å². The van der Waals surface area contributed by atoms with Crippen molar-refractivity contribution in [3.05, 3.63) is 59.9 Å². The molecular formula is C33H35N7O3. The molecule has 3 unspecified atom stereocenters. The lowest BCUT2D eigenvalue weighted by Crippen LogP contribution is -2.41. The fourth-order valence-corrected chi connectivity index (χ4v) is 7.15. The molecule has 0 spiro atoms. The Morgan fingerprint density at radius 3 is 2.63 bits per heavy atom. The highest BCUT2D eigenvalue weighted by Crippen LogP contribution is 2.40. The summed E-state index contributed by atoms with van der Waals surface area (Å²) in [6.07, 6.45) is 6.23. The second kappa shape index (κ2) is 9.89. The number of amides is 1. The number of rotatable bonds is 7. The van der Waals surface area contributed by atoms with Gasteiger partial charge in [0, 0.05) is 54.9 Å². The molecule has 2 bridgehead atoms. The molecule has 3 aliphatic rings. The van der Waals surface area contributed by atoms with Gasteiger partial charge < -0.3 is 29.6 Å². The van der Waals surface area contributed by atoms with Crippen LogP contribution in [-0.4, -0.2) is 65.7 Å². The second-order valence-electron chi connectivity index (χ2n) is 12.4. The van der Waals surface area contributed by atoms with Gasteiger partial charge in [0.2, 0.25) is 0 Å². The average molecular weight is 578 g/mol. The van der Waals surface area contributed by atoms with Crippen LogP contribution in [0, 0.1) is 11.8 Å². The third kappa shape index (κ3) is 4.23. The molecule has 2 saturated carbocycles. The zero-order valence-corrected chi connectivity index (χ0v) is 24.4. The fraction of sp³-hybridized carbons (Fsp3) is 0.394. The van der Waals surface area contributed by atoms with Gasteiger partial charge in [-0.1, -0.05) is 0 Å². The summed E-state index contributed by atoms with van der Waals surface area (Å²) >= 11 is 0. The van der Waals surface area contributed by atoms with Crippen molar-refractivity contribution in [1.82, 2.24) is 29.0 Å². The summed E-state index contributed by atoms with van der Waals surface area (Å²) in [7, 11) is 3.64. The van der Waals surface area contributed by atoms with Gasteiger partial charge in [-0.15, -0.1) is 0 Å². The van der Waals surface area contributed by atoms with E-state index in [1.165, 1.54) is 12.8 Å². The molecule has 3 fully saturated rings. The number of hydrogen-bond donors (Lipinski definition) is 2. The van der Waals surface area contributed by atoms with E-state index in [1.807, 2.05) is 42.3 Å². The Hall–Kier alpha value is -4.28. The minimum absolute atomic E-state index is 0.00357. The van der Waals surface area contributed by atoms with Crippen LogP contribution in [0.5, 0.6) is 5.75 Å². The Kier molecular flexibility index (Phi) is 6.06. The molecule has 5 aromatic rings. The quantitative estimate of drug-likeness (QED) is 0.298. The van der Waals surface area contributed by atoms with Crippen LogP contribution < -0.4 is 10.5 Å². The van der Waals surface area contributed by atoms with Gasteiger partial charge in [-0.2, -0.15) is 0 Å². The standard InChI is InChI=1S/C33H35N7O3/c1-38-30-25(11-22(13-28(30)43-2)33(42)40-16-21-7-10-26(40)29(21)34)37-32(38)27-12-19-6-9-24(20-5-8-23(17-41)35-14-20)36-31(19)39(27)15-18-3-4-18/h5-6,8-9,11-14,18,21,26,29,41H,3-4,7,10,15-17,34H2,1-2H3. The molecule has 0 radical (unpaired) electrons. The van der Waals surface area contributed by atoms with Crippen LogP contribution in [0.2, 0.25) is 0 Å². The van der Waals surface area contributed by atoms with Gasteiger partial charge >= 0.3 is 0 Å². The molecule has 2 aliphatic carbocycles. The molecule has 3 N–H and O–H groups in total. The lowest BCUT2D eigenvalue weighted by Gasteiger charge is -2.27. The first-order valence-electron chi connectivity index (χ1n) is 15.1. The number of fused-ring (bicyclic) bond motifs is 4. The van der Waals surface area contributed by atoms with E-state index < -0.39 is 0 Å². The summed E-state index contributed by atoms with van der Waals surface area (Å²) in [5, 5.41) is 10.4. The third-order valence-corrected chi connectivity index (χ3v) is 9.71. The van der Waals surface area contributed by atoms with Crippen molar-refractivity contribution in [2.75, 3.05) is 13.7 Å². The van der Waals surface area contributed by atoms with Crippen LogP contribution in [0.15, 0.2) is 48.7 Å². The van der Waals surface area contributed by atoms with Gasteiger partial charge in [-0.25, -0.2) is 9.97 Å². The van der Waals surface area contributed by atoms with Gasteiger partial charge in [0.15, 0.2) is 5.82 Å². The molecule has 10 heteroatoms. The molecule has 4 aromatic heterocycles. The molecule has 3 atom stereocenters. The number of nitrogens with zero attached hydrogens (tertiary/aromatic N) is 6. The van der Waals surface area contributed by atoms with Crippen LogP contribution in [-0.2, 0) is 20.2 Å². The minimum Gasteiger partial charge on any atom is -0.494 e. The molecule has 43 heavy (non-hydrogen) atoms. The first-order valence-corrected chi connectivity index (χ1v) is 15.1. The maximum absolute atomic E-state index is 13.7. The third-order valence-electron chi connectivity index (χ3n) is 9.71. The van der Waals surface area contributed by atoms with Crippen LogP contribution in [0.4, 0.5) is 0 Å². The Balaban J connectivity index is 1.23.